The number of anilines is 1. The van der Waals surface area contributed by atoms with Gasteiger partial charge in [-0.15, -0.1) is 0 Å². The van der Waals surface area contributed by atoms with Crippen molar-refractivity contribution >= 4 is 22.3 Å². The standard InChI is InChI=1S/C15H24N2OS/c1-11(18)13-10-16-14(19-13)17-8-5-6-12(7-9-17)15(2,3)4/h10,12H,5-9H2,1-4H3. The maximum absolute atomic E-state index is 11.3. The number of ketones is 1. The fourth-order valence-electron chi connectivity index (χ4n) is 2.73. The summed E-state index contributed by atoms with van der Waals surface area (Å²) in [5.41, 5.74) is 0.392. The lowest BCUT2D eigenvalue weighted by Crippen LogP contribution is -2.25. The first kappa shape index (κ1) is 14.5. The zero-order valence-electron chi connectivity index (χ0n) is 12.4. The van der Waals surface area contributed by atoms with E-state index in [-0.39, 0.29) is 5.78 Å². The molecule has 3 nitrogen and oxygen atoms in total. The molecule has 0 spiro atoms. The van der Waals surface area contributed by atoms with Gasteiger partial charge in [0.1, 0.15) is 0 Å². The van der Waals surface area contributed by atoms with E-state index in [9.17, 15) is 4.79 Å². The van der Waals surface area contributed by atoms with Gasteiger partial charge in [0.05, 0.1) is 11.1 Å². The van der Waals surface area contributed by atoms with Gasteiger partial charge in [-0.05, 0) is 30.6 Å². The molecule has 0 amide bonds. The summed E-state index contributed by atoms with van der Waals surface area (Å²) in [7, 11) is 0. The van der Waals surface area contributed by atoms with Crippen LogP contribution in [0.25, 0.3) is 0 Å². The number of carbonyl (C=O) groups excluding carboxylic acids is 1. The molecule has 1 aromatic rings. The largest absolute Gasteiger partial charge is 0.348 e. The molecule has 1 fully saturated rings. The zero-order valence-corrected chi connectivity index (χ0v) is 13.2. The number of carbonyl (C=O) groups is 1. The third-order valence-electron chi connectivity index (χ3n) is 4.06. The molecular weight excluding hydrogens is 256 g/mol. The number of Topliss-reactive ketones (excluding diaryl/α,β-unsaturated/α-hetero) is 1. The molecule has 1 aromatic heterocycles. The van der Waals surface area contributed by atoms with Gasteiger partial charge >= 0.3 is 0 Å². The maximum Gasteiger partial charge on any atom is 0.185 e. The van der Waals surface area contributed by atoms with Crippen LogP contribution in [-0.4, -0.2) is 23.9 Å². The highest BCUT2D eigenvalue weighted by molar-refractivity contribution is 7.17. The number of hydrogen-bond acceptors (Lipinski definition) is 4. The van der Waals surface area contributed by atoms with Crippen LogP contribution < -0.4 is 4.90 Å². The molecule has 2 heterocycles. The van der Waals surface area contributed by atoms with Gasteiger partial charge in [0.25, 0.3) is 0 Å². The van der Waals surface area contributed by atoms with Crippen LogP contribution in [0.15, 0.2) is 6.20 Å². The highest BCUT2D eigenvalue weighted by atomic mass is 32.1. The van der Waals surface area contributed by atoms with Gasteiger partial charge < -0.3 is 4.90 Å². The van der Waals surface area contributed by atoms with Gasteiger partial charge in [-0.3, -0.25) is 4.79 Å². The molecule has 0 bridgehead atoms. The quantitative estimate of drug-likeness (QED) is 0.768. The smallest absolute Gasteiger partial charge is 0.185 e. The number of hydrogen-bond donors (Lipinski definition) is 0. The Balaban J connectivity index is 2.04. The number of rotatable bonds is 2. The first-order chi connectivity index (χ1) is 8.88. The first-order valence-corrected chi connectivity index (χ1v) is 7.91. The Kier molecular flexibility index (Phi) is 4.29. The molecule has 1 saturated heterocycles. The van der Waals surface area contributed by atoms with Crippen LogP contribution in [0, 0.1) is 11.3 Å². The minimum Gasteiger partial charge on any atom is -0.348 e. The second kappa shape index (κ2) is 5.61. The molecule has 0 radical (unpaired) electrons. The van der Waals surface area contributed by atoms with E-state index >= 15 is 0 Å². The van der Waals surface area contributed by atoms with E-state index in [0.29, 0.717) is 5.41 Å². The summed E-state index contributed by atoms with van der Waals surface area (Å²) in [6, 6.07) is 0. The van der Waals surface area contributed by atoms with Crippen molar-refractivity contribution in [2.45, 2.75) is 47.0 Å². The van der Waals surface area contributed by atoms with Crippen molar-refractivity contribution in [3.05, 3.63) is 11.1 Å². The third-order valence-corrected chi connectivity index (χ3v) is 5.22. The molecule has 2 rings (SSSR count). The monoisotopic (exact) mass is 280 g/mol. The Morgan fingerprint density at radius 3 is 2.68 bits per heavy atom. The van der Waals surface area contributed by atoms with Crippen molar-refractivity contribution in [1.29, 1.82) is 0 Å². The van der Waals surface area contributed by atoms with Crippen molar-refractivity contribution in [3.63, 3.8) is 0 Å². The average molecular weight is 280 g/mol. The highest BCUT2D eigenvalue weighted by Crippen LogP contribution is 2.35. The van der Waals surface area contributed by atoms with Gasteiger partial charge in [0, 0.05) is 20.0 Å². The van der Waals surface area contributed by atoms with Crippen LogP contribution in [0.1, 0.15) is 56.6 Å². The number of aromatic nitrogens is 1. The number of nitrogens with zero attached hydrogens (tertiary/aromatic N) is 2. The normalized spacial score (nSPS) is 21.3. The third kappa shape index (κ3) is 3.56. The maximum atomic E-state index is 11.3. The lowest BCUT2D eigenvalue weighted by atomic mass is 9.77. The van der Waals surface area contributed by atoms with E-state index in [1.165, 1.54) is 30.6 Å². The van der Waals surface area contributed by atoms with Crippen LogP contribution in [-0.2, 0) is 0 Å². The Labute approximate surface area is 120 Å². The van der Waals surface area contributed by atoms with Crippen molar-refractivity contribution in [2.75, 3.05) is 18.0 Å². The second-order valence-electron chi connectivity index (χ2n) is 6.54. The molecule has 0 saturated carbocycles. The minimum absolute atomic E-state index is 0.117. The molecule has 106 valence electrons. The topological polar surface area (TPSA) is 33.2 Å². The molecular formula is C15H24N2OS. The average Bonchev–Trinajstić information content (AvgIpc) is 2.66. The van der Waals surface area contributed by atoms with Gasteiger partial charge in [0.2, 0.25) is 0 Å². The van der Waals surface area contributed by atoms with Crippen LogP contribution in [0.5, 0.6) is 0 Å². The molecule has 0 aromatic carbocycles. The van der Waals surface area contributed by atoms with Crippen molar-refractivity contribution in [1.82, 2.24) is 4.98 Å². The molecule has 0 aliphatic carbocycles. The Morgan fingerprint density at radius 2 is 2.11 bits per heavy atom. The number of thiazole rings is 1. The van der Waals surface area contributed by atoms with E-state index < -0.39 is 0 Å². The van der Waals surface area contributed by atoms with Crippen molar-refractivity contribution in [3.8, 4) is 0 Å². The lowest BCUT2D eigenvalue weighted by Gasteiger charge is -2.29. The van der Waals surface area contributed by atoms with Crippen LogP contribution in [0.2, 0.25) is 0 Å². The first-order valence-electron chi connectivity index (χ1n) is 7.09. The molecule has 19 heavy (non-hydrogen) atoms. The molecule has 1 unspecified atom stereocenters. The van der Waals surface area contributed by atoms with Crippen molar-refractivity contribution < 1.29 is 4.79 Å². The fourth-order valence-corrected chi connectivity index (χ4v) is 3.59. The van der Waals surface area contributed by atoms with Crippen LogP contribution in [0.4, 0.5) is 5.13 Å². The van der Waals surface area contributed by atoms with Crippen LogP contribution in [0.3, 0.4) is 0 Å². The van der Waals surface area contributed by atoms with E-state index in [4.69, 9.17) is 0 Å². The molecule has 4 heteroatoms. The summed E-state index contributed by atoms with van der Waals surface area (Å²) in [6.45, 7) is 10.7. The summed E-state index contributed by atoms with van der Waals surface area (Å²) in [4.78, 5) is 18.9. The van der Waals surface area contributed by atoms with Gasteiger partial charge in [-0.1, -0.05) is 32.1 Å². The fraction of sp³-hybridized carbons (Fsp3) is 0.733. The predicted octanol–water partition coefficient (Wildman–Crippen LogP) is 4.00. The van der Waals surface area contributed by atoms with Gasteiger partial charge in [-0.25, -0.2) is 4.98 Å². The lowest BCUT2D eigenvalue weighted by molar-refractivity contribution is 0.102. The zero-order chi connectivity index (χ0) is 14.0. The summed E-state index contributed by atoms with van der Waals surface area (Å²) < 4.78 is 0. The summed E-state index contributed by atoms with van der Waals surface area (Å²) in [5, 5.41) is 1.01. The molecule has 1 atom stereocenters. The van der Waals surface area contributed by atoms with E-state index in [1.807, 2.05) is 0 Å². The van der Waals surface area contributed by atoms with Gasteiger partial charge in [-0.2, -0.15) is 0 Å². The van der Waals surface area contributed by atoms with Crippen LogP contribution >= 0.6 is 11.3 Å². The second-order valence-corrected chi connectivity index (χ2v) is 7.55. The molecule has 0 N–H and O–H groups in total. The SMILES string of the molecule is CC(=O)c1cnc(N2CCCC(C(C)(C)C)CC2)s1. The predicted molar refractivity (Wildman–Crippen MR) is 81.1 cm³/mol. The van der Waals surface area contributed by atoms with Crippen molar-refractivity contribution in [2.24, 2.45) is 11.3 Å². The Morgan fingerprint density at radius 1 is 1.37 bits per heavy atom. The minimum atomic E-state index is 0.117. The summed E-state index contributed by atoms with van der Waals surface area (Å²) in [6.07, 6.45) is 5.45. The summed E-state index contributed by atoms with van der Waals surface area (Å²) in [5.74, 6) is 0.899. The summed E-state index contributed by atoms with van der Waals surface area (Å²) >= 11 is 1.53. The molecule has 1 aliphatic heterocycles. The Bertz CT molecular complexity index is 447. The Hall–Kier alpha value is -0.900. The van der Waals surface area contributed by atoms with E-state index in [1.54, 1.807) is 13.1 Å². The highest BCUT2D eigenvalue weighted by Gasteiger charge is 2.27. The molecule has 1 aliphatic rings. The van der Waals surface area contributed by atoms with E-state index in [2.05, 4.69) is 30.7 Å². The van der Waals surface area contributed by atoms with Gasteiger partial charge in [0.15, 0.2) is 10.9 Å². The van der Waals surface area contributed by atoms with E-state index in [0.717, 1.165) is 29.0 Å².